The van der Waals surface area contributed by atoms with Crippen molar-refractivity contribution in [3.8, 4) is 11.1 Å². The standard InChI is InChI=1S/C36H36Cl2N4O2/c1-42-23-39-22-33(42)36(44,26-13-16-28(37)17-14-26)27-15-18-32-31(20-27)30(25-10-6-11-29(38)19-25)21-34(40-32)41-35(43)12-5-9-24-7-3-2-4-8-24/h6,10-11,13-24,44H,2-5,7-9,12H2,1H3,(H,40,41,43). The molecular formula is C36H36Cl2N4O2. The first-order valence-corrected chi connectivity index (χ1v) is 16.0. The lowest BCUT2D eigenvalue weighted by molar-refractivity contribution is -0.116. The zero-order valence-corrected chi connectivity index (χ0v) is 26.3. The van der Waals surface area contributed by atoms with Gasteiger partial charge < -0.3 is 15.0 Å². The number of nitrogens with one attached hydrogen (secondary N) is 1. The number of hydrogen-bond acceptors (Lipinski definition) is 4. The highest BCUT2D eigenvalue weighted by atomic mass is 35.5. The molecule has 1 atom stereocenters. The molecule has 1 unspecified atom stereocenters. The summed E-state index contributed by atoms with van der Waals surface area (Å²) in [6.45, 7) is 0. The van der Waals surface area contributed by atoms with Crippen molar-refractivity contribution >= 4 is 45.8 Å². The maximum atomic E-state index is 13.0. The Morgan fingerprint density at radius 1 is 0.977 bits per heavy atom. The number of pyridine rings is 1. The first-order valence-electron chi connectivity index (χ1n) is 15.3. The average molecular weight is 628 g/mol. The molecule has 1 aliphatic carbocycles. The van der Waals surface area contributed by atoms with Gasteiger partial charge in [0.2, 0.25) is 5.91 Å². The van der Waals surface area contributed by atoms with E-state index in [9.17, 15) is 9.90 Å². The van der Waals surface area contributed by atoms with Gasteiger partial charge in [-0.3, -0.25) is 4.79 Å². The monoisotopic (exact) mass is 626 g/mol. The maximum Gasteiger partial charge on any atom is 0.225 e. The van der Waals surface area contributed by atoms with Gasteiger partial charge in [-0.25, -0.2) is 9.97 Å². The lowest BCUT2D eigenvalue weighted by Crippen LogP contribution is -2.31. The minimum absolute atomic E-state index is 0.0327. The molecule has 1 fully saturated rings. The summed E-state index contributed by atoms with van der Waals surface area (Å²) in [6.07, 6.45) is 12.3. The van der Waals surface area contributed by atoms with Crippen molar-refractivity contribution in [3.63, 3.8) is 0 Å². The van der Waals surface area contributed by atoms with Gasteiger partial charge in [0, 0.05) is 28.9 Å². The lowest BCUT2D eigenvalue weighted by Gasteiger charge is -2.30. The minimum atomic E-state index is -1.53. The normalized spacial score (nSPS) is 15.3. The van der Waals surface area contributed by atoms with Crippen molar-refractivity contribution in [1.82, 2.24) is 14.5 Å². The number of hydrogen-bond donors (Lipinski definition) is 2. The van der Waals surface area contributed by atoms with Crippen LogP contribution in [0.3, 0.4) is 0 Å². The number of aromatic nitrogens is 3. The number of rotatable bonds is 9. The third-order valence-corrected chi connectivity index (χ3v) is 9.31. The van der Waals surface area contributed by atoms with E-state index in [0.717, 1.165) is 35.3 Å². The number of amides is 1. The van der Waals surface area contributed by atoms with Crippen molar-refractivity contribution in [3.05, 3.63) is 112 Å². The van der Waals surface area contributed by atoms with Gasteiger partial charge in [0.05, 0.1) is 23.7 Å². The molecule has 1 saturated carbocycles. The molecule has 3 aromatic carbocycles. The van der Waals surface area contributed by atoms with Crippen LogP contribution in [0, 0.1) is 5.92 Å². The van der Waals surface area contributed by atoms with Gasteiger partial charge in [-0.05, 0) is 83.5 Å². The predicted molar refractivity (Wildman–Crippen MR) is 178 cm³/mol. The summed E-state index contributed by atoms with van der Waals surface area (Å²) >= 11 is 12.6. The Bertz CT molecular complexity index is 1780. The van der Waals surface area contributed by atoms with Crippen molar-refractivity contribution in [2.45, 2.75) is 57.0 Å². The van der Waals surface area contributed by atoms with Crippen LogP contribution in [0.4, 0.5) is 5.82 Å². The van der Waals surface area contributed by atoms with Crippen LogP contribution >= 0.6 is 23.2 Å². The molecule has 2 N–H and O–H groups in total. The third kappa shape index (κ3) is 6.39. The molecule has 8 heteroatoms. The number of imidazole rings is 1. The van der Waals surface area contributed by atoms with Crippen LogP contribution < -0.4 is 5.32 Å². The first kappa shape index (κ1) is 30.3. The molecule has 5 aromatic rings. The van der Waals surface area contributed by atoms with Gasteiger partial charge in [0.15, 0.2) is 5.60 Å². The molecule has 0 aliphatic heterocycles. The van der Waals surface area contributed by atoms with Crippen LogP contribution in [0.1, 0.15) is 68.2 Å². The van der Waals surface area contributed by atoms with E-state index in [1.807, 2.05) is 72.3 Å². The number of carbonyl (C=O) groups excluding carboxylic acids is 1. The summed E-state index contributed by atoms with van der Waals surface area (Å²) in [4.78, 5) is 22.1. The summed E-state index contributed by atoms with van der Waals surface area (Å²) in [7, 11) is 1.85. The van der Waals surface area contributed by atoms with Gasteiger partial charge in [-0.2, -0.15) is 0 Å². The topological polar surface area (TPSA) is 80.0 Å². The zero-order chi connectivity index (χ0) is 30.7. The predicted octanol–water partition coefficient (Wildman–Crippen LogP) is 8.92. The highest BCUT2D eigenvalue weighted by Crippen LogP contribution is 2.40. The second-order valence-electron chi connectivity index (χ2n) is 11.8. The first-order chi connectivity index (χ1) is 21.3. The van der Waals surface area contributed by atoms with E-state index in [2.05, 4.69) is 10.3 Å². The molecule has 1 amide bonds. The summed E-state index contributed by atoms with van der Waals surface area (Å²) in [5, 5.41) is 17.5. The van der Waals surface area contributed by atoms with E-state index in [1.54, 1.807) is 24.7 Å². The van der Waals surface area contributed by atoms with E-state index < -0.39 is 5.60 Å². The smallest absolute Gasteiger partial charge is 0.225 e. The second-order valence-corrected chi connectivity index (χ2v) is 12.7. The van der Waals surface area contributed by atoms with Crippen molar-refractivity contribution < 1.29 is 9.90 Å². The maximum absolute atomic E-state index is 13.0. The summed E-state index contributed by atoms with van der Waals surface area (Å²) in [6, 6.07) is 22.4. The van der Waals surface area contributed by atoms with Gasteiger partial charge in [-0.1, -0.05) is 85.6 Å². The van der Waals surface area contributed by atoms with Crippen LogP contribution in [0.2, 0.25) is 10.0 Å². The van der Waals surface area contributed by atoms with Gasteiger partial charge in [-0.15, -0.1) is 0 Å². The zero-order valence-electron chi connectivity index (χ0n) is 24.8. The Morgan fingerprint density at radius 2 is 1.75 bits per heavy atom. The van der Waals surface area contributed by atoms with Gasteiger partial charge in [0.1, 0.15) is 5.82 Å². The molecule has 44 heavy (non-hydrogen) atoms. The van der Waals surface area contributed by atoms with Crippen molar-refractivity contribution in [2.75, 3.05) is 5.32 Å². The van der Waals surface area contributed by atoms with Crippen molar-refractivity contribution in [2.24, 2.45) is 13.0 Å². The Hall–Kier alpha value is -3.71. The number of carbonyl (C=O) groups is 1. The third-order valence-electron chi connectivity index (χ3n) is 8.82. The average Bonchev–Trinajstić information content (AvgIpc) is 3.47. The number of anilines is 1. The summed E-state index contributed by atoms with van der Waals surface area (Å²) in [5.41, 5.74) is 2.78. The molecule has 6 rings (SSSR count). The molecule has 0 spiro atoms. The number of aryl methyl sites for hydroxylation is 1. The molecule has 2 heterocycles. The molecule has 0 radical (unpaired) electrons. The van der Waals surface area contributed by atoms with Crippen molar-refractivity contribution in [1.29, 1.82) is 0 Å². The van der Waals surface area contributed by atoms with Crippen LogP contribution in [0.15, 0.2) is 85.3 Å². The minimum Gasteiger partial charge on any atom is -0.374 e. The molecule has 0 saturated heterocycles. The van der Waals surface area contributed by atoms with Crippen LogP contribution in [0.25, 0.3) is 22.0 Å². The highest BCUT2D eigenvalue weighted by Gasteiger charge is 2.37. The fourth-order valence-corrected chi connectivity index (χ4v) is 6.82. The fraction of sp³-hybridized carbons (Fsp3) is 0.306. The van der Waals surface area contributed by atoms with Gasteiger partial charge >= 0.3 is 0 Å². The van der Waals surface area contributed by atoms with E-state index >= 15 is 0 Å². The molecule has 0 bridgehead atoms. The fourth-order valence-electron chi connectivity index (χ4n) is 6.50. The van der Waals surface area contributed by atoms with Crippen LogP contribution in [0.5, 0.6) is 0 Å². The molecule has 6 nitrogen and oxygen atoms in total. The number of halogens is 2. The quantitative estimate of drug-likeness (QED) is 0.171. The van der Waals surface area contributed by atoms with Crippen LogP contribution in [-0.4, -0.2) is 25.5 Å². The van der Waals surface area contributed by atoms with E-state index in [4.69, 9.17) is 28.2 Å². The number of nitrogens with zero attached hydrogens (tertiary/aromatic N) is 3. The SMILES string of the molecule is Cn1cncc1C(O)(c1ccc(Cl)cc1)c1ccc2nc(NC(=O)CCCC3CCCCC3)cc(-c3cccc(Cl)c3)c2c1. The second kappa shape index (κ2) is 13.1. The molecule has 2 aromatic heterocycles. The Morgan fingerprint density at radius 3 is 2.48 bits per heavy atom. The number of aliphatic hydroxyl groups is 1. The molecule has 226 valence electrons. The largest absolute Gasteiger partial charge is 0.374 e. The van der Waals surface area contributed by atoms with E-state index in [1.165, 1.54) is 32.1 Å². The lowest BCUT2D eigenvalue weighted by atomic mass is 9.82. The Labute approximate surface area is 268 Å². The van der Waals surface area contributed by atoms with Crippen LogP contribution in [-0.2, 0) is 17.4 Å². The Kier molecular flexibility index (Phi) is 9.03. The Balaban J connectivity index is 1.39. The molecule has 1 aliphatic rings. The number of benzene rings is 3. The summed E-state index contributed by atoms with van der Waals surface area (Å²) < 4.78 is 1.81. The van der Waals surface area contributed by atoms with E-state index in [0.29, 0.717) is 44.6 Å². The van der Waals surface area contributed by atoms with E-state index in [-0.39, 0.29) is 5.91 Å². The molecular weight excluding hydrogens is 591 g/mol. The van der Waals surface area contributed by atoms with Gasteiger partial charge in [0.25, 0.3) is 0 Å². The highest BCUT2D eigenvalue weighted by molar-refractivity contribution is 6.31. The summed E-state index contributed by atoms with van der Waals surface area (Å²) in [5.74, 6) is 1.20. The number of fused-ring (bicyclic) bond motifs is 1.